The van der Waals surface area contributed by atoms with Gasteiger partial charge in [0, 0.05) is 13.0 Å². The molecule has 3 nitrogen and oxygen atoms in total. The predicted octanol–water partition coefficient (Wildman–Crippen LogP) is 2.20. The number of nitrogens with one attached hydrogen (secondary N) is 1. The van der Waals surface area contributed by atoms with Gasteiger partial charge in [-0.2, -0.15) is 0 Å². The first-order valence-electron chi connectivity index (χ1n) is 6.69. The summed E-state index contributed by atoms with van der Waals surface area (Å²) in [7, 11) is 1.58. The van der Waals surface area contributed by atoms with E-state index in [4.69, 9.17) is 0 Å². The molecule has 3 heteroatoms. The van der Waals surface area contributed by atoms with Crippen molar-refractivity contribution >= 4 is 5.91 Å². The predicted molar refractivity (Wildman–Crippen MR) is 71.0 cm³/mol. The Labute approximate surface area is 108 Å². The van der Waals surface area contributed by atoms with Crippen LogP contribution in [0.25, 0.3) is 0 Å². The fraction of sp³-hybridized carbons (Fsp3) is 0.533. The first-order valence-corrected chi connectivity index (χ1v) is 6.69. The van der Waals surface area contributed by atoms with E-state index in [-0.39, 0.29) is 11.8 Å². The van der Waals surface area contributed by atoms with Crippen molar-refractivity contribution in [2.75, 3.05) is 7.05 Å². The number of hydrogen-bond donors (Lipinski definition) is 2. The second-order valence-electron chi connectivity index (χ2n) is 5.05. The van der Waals surface area contributed by atoms with Gasteiger partial charge in [-0.05, 0) is 18.4 Å². The van der Waals surface area contributed by atoms with E-state index in [9.17, 15) is 9.90 Å². The van der Waals surface area contributed by atoms with Gasteiger partial charge in [0.2, 0.25) is 0 Å². The van der Waals surface area contributed by atoms with Gasteiger partial charge in [-0.3, -0.25) is 4.79 Å². The molecule has 0 aromatic heterocycles. The molecule has 0 radical (unpaired) electrons. The molecule has 1 aromatic rings. The van der Waals surface area contributed by atoms with Crippen LogP contribution in [0.5, 0.6) is 0 Å². The normalized spacial score (nSPS) is 20.1. The number of amides is 1. The maximum absolute atomic E-state index is 12.2. The zero-order chi connectivity index (χ0) is 13.0. The molecule has 1 fully saturated rings. The lowest BCUT2D eigenvalue weighted by atomic mass is 9.73. The summed E-state index contributed by atoms with van der Waals surface area (Å²) in [5, 5.41) is 13.6. The molecule has 2 rings (SSSR count). The van der Waals surface area contributed by atoms with Gasteiger partial charge in [0.15, 0.2) is 5.60 Å². The summed E-state index contributed by atoms with van der Waals surface area (Å²) in [5.74, 6) is -0.269. The average Bonchev–Trinajstić information content (AvgIpc) is 2.47. The van der Waals surface area contributed by atoms with Crippen LogP contribution in [0.4, 0.5) is 0 Å². The summed E-state index contributed by atoms with van der Waals surface area (Å²) in [4.78, 5) is 12.2. The van der Waals surface area contributed by atoms with Gasteiger partial charge < -0.3 is 10.4 Å². The van der Waals surface area contributed by atoms with Crippen LogP contribution in [-0.2, 0) is 10.4 Å². The summed E-state index contributed by atoms with van der Waals surface area (Å²) in [6.07, 6.45) is 5.22. The highest BCUT2D eigenvalue weighted by Crippen LogP contribution is 2.39. The lowest BCUT2D eigenvalue weighted by Gasteiger charge is -2.37. The fourth-order valence-electron chi connectivity index (χ4n) is 2.96. The summed E-state index contributed by atoms with van der Waals surface area (Å²) < 4.78 is 0. The Morgan fingerprint density at radius 2 is 1.83 bits per heavy atom. The van der Waals surface area contributed by atoms with E-state index in [0.717, 1.165) is 25.7 Å². The molecule has 1 atom stereocenters. The summed E-state index contributed by atoms with van der Waals surface area (Å²) in [5.41, 5.74) is -0.674. The Morgan fingerprint density at radius 1 is 1.22 bits per heavy atom. The van der Waals surface area contributed by atoms with Crippen molar-refractivity contribution in [1.29, 1.82) is 0 Å². The SMILES string of the molecule is CNC(=O)C(O)(c1ccccc1)C1CCCCC1. The Bertz CT molecular complexity index is 398. The van der Waals surface area contributed by atoms with Crippen molar-refractivity contribution in [3.05, 3.63) is 35.9 Å². The molecule has 0 saturated heterocycles. The van der Waals surface area contributed by atoms with Gasteiger partial charge in [-0.25, -0.2) is 0 Å². The van der Waals surface area contributed by atoms with Crippen molar-refractivity contribution < 1.29 is 9.90 Å². The molecule has 98 valence electrons. The second kappa shape index (κ2) is 5.53. The van der Waals surface area contributed by atoms with Crippen LogP contribution in [0.15, 0.2) is 30.3 Å². The van der Waals surface area contributed by atoms with Crippen LogP contribution >= 0.6 is 0 Å². The van der Waals surface area contributed by atoms with Crippen LogP contribution < -0.4 is 5.32 Å². The highest BCUT2D eigenvalue weighted by atomic mass is 16.3. The smallest absolute Gasteiger partial charge is 0.256 e. The van der Waals surface area contributed by atoms with Crippen LogP contribution in [0.3, 0.4) is 0 Å². The van der Waals surface area contributed by atoms with E-state index in [2.05, 4.69) is 5.32 Å². The summed E-state index contributed by atoms with van der Waals surface area (Å²) in [6, 6.07) is 9.31. The molecule has 0 spiro atoms. The van der Waals surface area contributed by atoms with Crippen LogP contribution in [-0.4, -0.2) is 18.1 Å². The molecule has 1 amide bonds. The highest BCUT2D eigenvalue weighted by molar-refractivity contribution is 5.86. The minimum absolute atomic E-state index is 0.0219. The van der Waals surface area contributed by atoms with E-state index in [1.165, 1.54) is 6.42 Å². The standard InChI is InChI=1S/C15H21NO2/c1-16-14(17)15(18,12-8-4-2-5-9-12)13-10-6-3-7-11-13/h2,4-5,8-9,13,18H,3,6-7,10-11H2,1H3,(H,16,17). The third-order valence-corrected chi connectivity index (χ3v) is 3.98. The first kappa shape index (κ1) is 13.1. The van der Waals surface area contributed by atoms with E-state index in [0.29, 0.717) is 5.56 Å². The van der Waals surface area contributed by atoms with E-state index in [1.54, 1.807) is 7.05 Å². The van der Waals surface area contributed by atoms with E-state index in [1.807, 2.05) is 30.3 Å². The Morgan fingerprint density at radius 3 is 2.39 bits per heavy atom. The molecule has 1 aliphatic carbocycles. The first-order chi connectivity index (χ1) is 8.69. The van der Waals surface area contributed by atoms with Crippen LogP contribution in [0.2, 0.25) is 0 Å². The van der Waals surface area contributed by atoms with Crippen LogP contribution in [0, 0.1) is 5.92 Å². The summed E-state index contributed by atoms with van der Waals surface area (Å²) in [6.45, 7) is 0. The Hall–Kier alpha value is -1.35. The summed E-state index contributed by atoms with van der Waals surface area (Å²) >= 11 is 0. The number of rotatable bonds is 3. The number of likely N-dealkylation sites (N-methyl/N-ethyl adjacent to an activating group) is 1. The van der Waals surface area contributed by atoms with Gasteiger partial charge in [-0.15, -0.1) is 0 Å². The molecule has 0 bridgehead atoms. The maximum atomic E-state index is 12.2. The number of aliphatic hydroxyl groups is 1. The van der Waals surface area contributed by atoms with Crippen molar-refractivity contribution in [2.24, 2.45) is 5.92 Å². The van der Waals surface area contributed by atoms with Gasteiger partial charge in [0.25, 0.3) is 5.91 Å². The molecule has 1 aromatic carbocycles. The minimum atomic E-state index is -1.38. The van der Waals surface area contributed by atoms with Crippen LogP contribution in [0.1, 0.15) is 37.7 Å². The highest BCUT2D eigenvalue weighted by Gasteiger charge is 2.44. The molecule has 0 heterocycles. The number of hydrogen-bond acceptors (Lipinski definition) is 2. The molecule has 0 aliphatic heterocycles. The van der Waals surface area contributed by atoms with E-state index >= 15 is 0 Å². The largest absolute Gasteiger partial charge is 0.375 e. The average molecular weight is 247 g/mol. The third-order valence-electron chi connectivity index (χ3n) is 3.98. The molecular formula is C15H21NO2. The number of carbonyl (C=O) groups excluding carboxylic acids is 1. The van der Waals surface area contributed by atoms with Gasteiger partial charge in [-0.1, -0.05) is 49.6 Å². The van der Waals surface area contributed by atoms with Gasteiger partial charge >= 0.3 is 0 Å². The van der Waals surface area contributed by atoms with E-state index < -0.39 is 5.60 Å². The topological polar surface area (TPSA) is 49.3 Å². The maximum Gasteiger partial charge on any atom is 0.256 e. The second-order valence-corrected chi connectivity index (χ2v) is 5.05. The van der Waals surface area contributed by atoms with Crippen molar-refractivity contribution in [2.45, 2.75) is 37.7 Å². The molecule has 1 aliphatic rings. The fourth-order valence-corrected chi connectivity index (χ4v) is 2.96. The minimum Gasteiger partial charge on any atom is -0.375 e. The molecular weight excluding hydrogens is 226 g/mol. The molecule has 2 N–H and O–H groups in total. The zero-order valence-electron chi connectivity index (χ0n) is 10.9. The zero-order valence-corrected chi connectivity index (χ0v) is 10.9. The Kier molecular flexibility index (Phi) is 4.02. The van der Waals surface area contributed by atoms with Crippen molar-refractivity contribution in [1.82, 2.24) is 5.32 Å². The third kappa shape index (κ3) is 2.27. The molecule has 1 unspecified atom stereocenters. The number of carbonyl (C=O) groups is 1. The number of benzene rings is 1. The van der Waals surface area contributed by atoms with Crippen molar-refractivity contribution in [3.63, 3.8) is 0 Å². The van der Waals surface area contributed by atoms with Crippen molar-refractivity contribution in [3.8, 4) is 0 Å². The monoisotopic (exact) mass is 247 g/mol. The molecule has 18 heavy (non-hydrogen) atoms. The molecule has 1 saturated carbocycles. The quantitative estimate of drug-likeness (QED) is 0.860. The van der Waals surface area contributed by atoms with Gasteiger partial charge in [0.05, 0.1) is 0 Å². The lowest BCUT2D eigenvalue weighted by molar-refractivity contribution is -0.148. The van der Waals surface area contributed by atoms with Gasteiger partial charge in [0.1, 0.15) is 0 Å². The Balaban J connectivity index is 2.36. The lowest BCUT2D eigenvalue weighted by Crippen LogP contribution is -2.49.